The van der Waals surface area contributed by atoms with Gasteiger partial charge in [-0.25, -0.2) is 4.39 Å². The largest absolute Gasteiger partial charge is 0.409 e. The Morgan fingerprint density at radius 2 is 2.16 bits per heavy atom. The second-order valence-corrected chi connectivity index (χ2v) is 4.71. The summed E-state index contributed by atoms with van der Waals surface area (Å²) in [6.07, 6.45) is 0. The zero-order chi connectivity index (χ0) is 14.4. The lowest BCUT2D eigenvalue weighted by molar-refractivity contribution is 0.209. The number of halogens is 1. The summed E-state index contributed by atoms with van der Waals surface area (Å²) in [5.74, 6) is -0.310. The maximum Gasteiger partial charge on any atom is 0.170 e. The first-order valence-corrected chi connectivity index (χ1v) is 6.10. The first-order chi connectivity index (χ1) is 8.99. The average molecular weight is 269 g/mol. The zero-order valence-corrected chi connectivity index (χ0v) is 11.1. The van der Waals surface area contributed by atoms with Crippen molar-refractivity contribution in [1.29, 1.82) is 0 Å². The Balaban J connectivity index is 2.75. The molecule has 19 heavy (non-hydrogen) atoms. The number of oxime groups is 1. The molecule has 5 nitrogen and oxygen atoms in total. The van der Waals surface area contributed by atoms with E-state index in [1.807, 2.05) is 13.8 Å². The minimum absolute atomic E-state index is 0.00148. The fraction of sp³-hybridized carbons (Fsp3) is 0.462. The molecule has 0 unspecified atom stereocenters. The summed E-state index contributed by atoms with van der Waals surface area (Å²) in [6.45, 7) is 4.27. The highest BCUT2D eigenvalue weighted by molar-refractivity contribution is 5.97. The van der Waals surface area contributed by atoms with E-state index in [-0.39, 0.29) is 24.4 Å². The Morgan fingerprint density at radius 3 is 2.63 bits per heavy atom. The number of aliphatic hydroxyl groups is 1. The van der Waals surface area contributed by atoms with Crippen molar-refractivity contribution in [3.05, 3.63) is 35.1 Å². The smallest absolute Gasteiger partial charge is 0.170 e. The molecular weight excluding hydrogens is 249 g/mol. The van der Waals surface area contributed by atoms with Crippen LogP contribution in [-0.4, -0.2) is 28.8 Å². The van der Waals surface area contributed by atoms with Gasteiger partial charge in [0, 0.05) is 23.7 Å². The number of amidine groups is 1. The predicted octanol–water partition coefficient (Wildman–Crippen LogP) is 1.03. The molecule has 5 N–H and O–H groups in total. The lowest BCUT2D eigenvalue weighted by Crippen LogP contribution is -2.36. The van der Waals surface area contributed by atoms with Gasteiger partial charge in [-0.15, -0.1) is 0 Å². The number of aliphatic hydroxyl groups excluding tert-OH is 1. The van der Waals surface area contributed by atoms with E-state index in [1.54, 1.807) is 12.1 Å². The molecule has 0 amide bonds. The summed E-state index contributed by atoms with van der Waals surface area (Å²) in [6, 6.07) is 4.29. The molecule has 0 aliphatic carbocycles. The Bertz CT molecular complexity index is 450. The van der Waals surface area contributed by atoms with Crippen LogP contribution in [0.15, 0.2) is 23.4 Å². The molecule has 6 heteroatoms. The van der Waals surface area contributed by atoms with Gasteiger partial charge in [-0.3, -0.25) is 0 Å². The third-order valence-electron chi connectivity index (χ3n) is 3.01. The molecule has 1 aromatic rings. The topological polar surface area (TPSA) is 90.9 Å². The molecule has 0 aliphatic rings. The van der Waals surface area contributed by atoms with Crippen molar-refractivity contribution in [2.75, 3.05) is 6.61 Å². The molecule has 1 atom stereocenters. The number of nitrogens with two attached hydrogens (primary N) is 1. The fourth-order valence-corrected chi connectivity index (χ4v) is 1.66. The number of nitrogens with one attached hydrogen (secondary N) is 1. The van der Waals surface area contributed by atoms with Crippen LogP contribution < -0.4 is 11.1 Å². The van der Waals surface area contributed by atoms with Gasteiger partial charge in [0.25, 0.3) is 0 Å². The van der Waals surface area contributed by atoms with Gasteiger partial charge in [0.15, 0.2) is 5.84 Å². The minimum atomic E-state index is -0.433. The summed E-state index contributed by atoms with van der Waals surface area (Å²) in [4.78, 5) is 0. The summed E-state index contributed by atoms with van der Waals surface area (Å²) in [5.41, 5.74) is 6.17. The van der Waals surface area contributed by atoms with Gasteiger partial charge in [0.05, 0.1) is 6.61 Å². The first kappa shape index (κ1) is 15.4. The van der Waals surface area contributed by atoms with Crippen molar-refractivity contribution < 1.29 is 14.7 Å². The van der Waals surface area contributed by atoms with Crippen LogP contribution in [0.1, 0.15) is 25.0 Å². The SMILES string of the molecule is CC(C)[C@@H](CO)NCc1ccc(C(N)=NO)cc1F. The molecule has 0 saturated heterocycles. The molecular formula is C13H20FN3O2. The zero-order valence-electron chi connectivity index (χ0n) is 11.1. The van der Waals surface area contributed by atoms with Crippen molar-refractivity contribution in [1.82, 2.24) is 5.32 Å². The van der Waals surface area contributed by atoms with E-state index in [0.717, 1.165) is 0 Å². The van der Waals surface area contributed by atoms with E-state index in [0.29, 0.717) is 17.7 Å². The number of hydrogen-bond donors (Lipinski definition) is 4. The van der Waals surface area contributed by atoms with Crippen LogP contribution in [0.3, 0.4) is 0 Å². The average Bonchev–Trinajstić information content (AvgIpc) is 2.39. The van der Waals surface area contributed by atoms with Crippen molar-refractivity contribution in [3.8, 4) is 0 Å². The highest BCUT2D eigenvalue weighted by atomic mass is 19.1. The summed E-state index contributed by atoms with van der Waals surface area (Å²) in [5, 5.41) is 23.6. The maximum absolute atomic E-state index is 13.8. The Labute approximate surface area is 111 Å². The molecule has 0 aromatic heterocycles. The molecule has 0 radical (unpaired) electrons. The number of hydrogen-bond acceptors (Lipinski definition) is 4. The van der Waals surface area contributed by atoms with Gasteiger partial charge < -0.3 is 21.4 Å². The second kappa shape index (κ2) is 7.06. The van der Waals surface area contributed by atoms with Crippen LogP contribution in [0, 0.1) is 11.7 Å². The molecule has 0 bridgehead atoms. The van der Waals surface area contributed by atoms with Crippen LogP contribution in [-0.2, 0) is 6.54 Å². The van der Waals surface area contributed by atoms with Crippen molar-refractivity contribution >= 4 is 5.84 Å². The molecule has 0 spiro atoms. The highest BCUT2D eigenvalue weighted by Gasteiger charge is 2.13. The number of nitrogens with zero attached hydrogens (tertiary/aromatic N) is 1. The molecule has 0 heterocycles. The number of benzene rings is 1. The second-order valence-electron chi connectivity index (χ2n) is 4.71. The van der Waals surface area contributed by atoms with Crippen LogP contribution in [0.5, 0.6) is 0 Å². The summed E-state index contributed by atoms with van der Waals surface area (Å²) in [7, 11) is 0. The van der Waals surface area contributed by atoms with Crippen molar-refractivity contribution in [3.63, 3.8) is 0 Å². The van der Waals surface area contributed by atoms with E-state index < -0.39 is 5.82 Å². The van der Waals surface area contributed by atoms with E-state index in [9.17, 15) is 9.50 Å². The van der Waals surface area contributed by atoms with Gasteiger partial charge in [0.2, 0.25) is 0 Å². The van der Waals surface area contributed by atoms with Crippen LogP contribution in [0.4, 0.5) is 4.39 Å². The van der Waals surface area contributed by atoms with Crippen molar-refractivity contribution in [2.45, 2.75) is 26.4 Å². The molecule has 0 fully saturated rings. The highest BCUT2D eigenvalue weighted by Crippen LogP contribution is 2.11. The monoisotopic (exact) mass is 269 g/mol. The van der Waals surface area contributed by atoms with E-state index in [1.165, 1.54) is 6.07 Å². The van der Waals surface area contributed by atoms with E-state index in [2.05, 4.69) is 10.5 Å². The molecule has 0 saturated carbocycles. The van der Waals surface area contributed by atoms with Gasteiger partial charge in [0.1, 0.15) is 5.82 Å². The summed E-state index contributed by atoms with van der Waals surface area (Å²) < 4.78 is 13.8. The maximum atomic E-state index is 13.8. The van der Waals surface area contributed by atoms with Gasteiger partial charge >= 0.3 is 0 Å². The van der Waals surface area contributed by atoms with Gasteiger partial charge in [-0.05, 0) is 12.0 Å². The predicted molar refractivity (Wildman–Crippen MR) is 71.5 cm³/mol. The molecule has 1 aromatic carbocycles. The van der Waals surface area contributed by atoms with Gasteiger partial charge in [-0.1, -0.05) is 31.1 Å². The Kier molecular flexibility index (Phi) is 5.72. The van der Waals surface area contributed by atoms with Crippen LogP contribution in [0.25, 0.3) is 0 Å². The Hall–Kier alpha value is -1.66. The molecule has 106 valence electrons. The Morgan fingerprint density at radius 1 is 1.47 bits per heavy atom. The quantitative estimate of drug-likeness (QED) is 0.269. The van der Waals surface area contributed by atoms with E-state index in [4.69, 9.17) is 10.9 Å². The fourth-order valence-electron chi connectivity index (χ4n) is 1.66. The third kappa shape index (κ3) is 4.18. The summed E-state index contributed by atoms with van der Waals surface area (Å²) >= 11 is 0. The lowest BCUT2D eigenvalue weighted by atomic mass is 10.0. The molecule has 1 rings (SSSR count). The first-order valence-electron chi connectivity index (χ1n) is 6.10. The number of rotatable bonds is 6. The molecule has 0 aliphatic heterocycles. The van der Waals surface area contributed by atoms with Crippen LogP contribution >= 0.6 is 0 Å². The van der Waals surface area contributed by atoms with Crippen LogP contribution in [0.2, 0.25) is 0 Å². The minimum Gasteiger partial charge on any atom is -0.409 e. The third-order valence-corrected chi connectivity index (χ3v) is 3.01. The van der Waals surface area contributed by atoms with Crippen molar-refractivity contribution in [2.24, 2.45) is 16.8 Å². The van der Waals surface area contributed by atoms with E-state index >= 15 is 0 Å². The normalized spacial score (nSPS) is 13.8. The lowest BCUT2D eigenvalue weighted by Gasteiger charge is -2.20. The van der Waals surface area contributed by atoms with Gasteiger partial charge in [-0.2, -0.15) is 0 Å². The standard InChI is InChI=1S/C13H20FN3O2/c1-8(2)12(7-18)16-6-10-4-3-9(5-11(10)14)13(15)17-19/h3-5,8,12,16,18-19H,6-7H2,1-2H3,(H2,15,17)/t12-/m1/s1.